The molecule has 0 aliphatic carbocycles. The van der Waals surface area contributed by atoms with Crippen molar-refractivity contribution >= 4 is 27.3 Å². The smallest absolute Gasteiger partial charge is 0.255 e. The maximum atomic E-state index is 12.7. The average Bonchev–Trinajstić information content (AvgIpc) is 3.13. The fraction of sp³-hybridized carbons (Fsp3) is 0.438. The van der Waals surface area contributed by atoms with E-state index in [1.807, 2.05) is 28.5 Å². The molecule has 0 bridgehead atoms. The van der Waals surface area contributed by atoms with E-state index in [-0.39, 0.29) is 5.91 Å². The van der Waals surface area contributed by atoms with E-state index in [0.717, 1.165) is 30.6 Å². The molecule has 1 unspecified atom stereocenters. The van der Waals surface area contributed by atoms with Gasteiger partial charge in [0.05, 0.1) is 5.56 Å². The van der Waals surface area contributed by atoms with Crippen LogP contribution in [0.15, 0.2) is 29.6 Å². The molecule has 3 nitrogen and oxygen atoms in total. The molecule has 20 heavy (non-hydrogen) atoms. The molecule has 1 atom stereocenters. The highest BCUT2D eigenvalue weighted by Gasteiger charge is 2.22. The van der Waals surface area contributed by atoms with Crippen molar-refractivity contribution in [2.45, 2.75) is 25.8 Å². The van der Waals surface area contributed by atoms with Gasteiger partial charge in [-0.25, -0.2) is 0 Å². The molecule has 1 fully saturated rings. The summed E-state index contributed by atoms with van der Waals surface area (Å²) < 4.78 is 1.19. The summed E-state index contributed by atoms with van der Waals surface area (Å²) in [6, 6.07) is 8.60. The maximum absolute atomic E-state index is 12.7. The van der Waals surface area contributed by atoms with Gasteiger partial charge in [-0.2, -0.15) is 0 Å². The number of fused-ring (bicyclic) bond motifs is 1. The summed E-state index contributed by atoms with van der Waals surface area (Å²) in [5.74, 6) is 0.165. The summed E-state index contributed by atoms with van der Waals surface area (Å²) in [6.07, 6.45) is 2.39. The van der Waals surface area contributed by atoms with Crippen LogP contribution >= 0.6 is 11.3 Å². The van der Waals surface area contributed by atoms with Crippen molar-refractivity contribution in [3.05, 3.63) is 35.2 Å². The average molecular weight is 288 g/mol. The first-order valence-corrected chi connectivity index (χ1v) is 8.16. The molecular weight excluding hydrogens is 268 g/mol. The molecule has 1 aromatic heterocycles. The van der Waals surface area contributed by atoms with E-state index < -0.39 is 0 Å². The number of nitrogens with zero attached hydrogens (tertiary/aromatic N) is 1. The molecule has 4 heteroatoms. The second kappa shape index (κ2) is 5.94. The summed E-state index contributed by atoms with van der Waals surface area (Å²) in [5.41, 5.74) is 0.852. The standard InChI is InChI=1S/C16H20N2OS/c1-2-18(10-12-6-5-9-17-12)16(19)14-11-20-15-8-4-3-7-13(14)15/h3-4,7-8,11-12,17H,2,5-6,9-10H2,1H3. The third-order valence-electron chi connectivity index (χ3n) is 3.98. The predicted octanol–water partition coefficient (Wildman–Crippen LogP) is 3.12. The van der Waals surface area contributed by atoms with E-state index in [4.69, 9.17) is 0 Å². The van der Waals surface area contributed by atoms with Crippen LogP contribution in [-0.2, 0) is 0 Å². The van der Waals surface area contributed by atoms with Crippen LogP contribution in [0.3, 0.4) is 0 Å². The van der Waals surface area contributed by atoms with Gasteiger partial charge in [-0.1, -0.05) is 18.2 Å². The van der Waals surface area contributed by atoms with E-state index in [1.165, 1.54) is 17.5 Å². The van der Waals surface area contributed by atoms with Gasteiger partial charge >= 0.3 is 0 Å². The normalized spacial score (nSPS) is 18.6. The van der Waals surface area contributed by atoms with E-state index in [0.29, 0.717) is 6.04 Å². The van der Waals surface area contributed by atoms with Crippen LogP contribution in [-0.4, -0.2) is 36.5 Å². The van der Waals surface area contributed by atoms with Gasteiger partial charge in [0.25, 0.3) is 5.91 Å². The summed E-state index contributed by atoms with van der Waals surface area (Å²) in [7, 11) is 0. The lowest BCUT2D eigenvalue weighted by molar-refractivity contribution is 0.0753. The zero-order valence-corrected chi connectivity index (χ0v) is 12.6. The highest BCUT2D eigenvalue weighted by atomic mass is 32.1. The number of hydrogen-bond acceptors (Lipinski definition) is 3. The Balaban J connectivity index is 1.82. The Morgan fingerprint density at radius 2 is 2.30 bits per heavy atom. The first-order chi connectivity index (χ1) is 9.79. The fourth-order valence-electron chi connectivity index (χ4n) is 2.85. The molecule has 0 radical (unpaired) electrons. The van der Waals surface area contributed by atoms with Crippen LogP contribution in [0.25, 0.3) is 10.1 Å². The summed E-state index contributed by atoms with van der Waals surface area (Å²) >= 11 is 1.65. The van der Waals surface area contributed by atoms with Crippen molar-refractivity contribution in [3.63, 3.8) is 0 Å². The number of carbonyl (C=O) groups is 1. The fourth-order valence-corrected chi connectivity index (χ4v) is 3.78. The monoisotopic (exact) mass is 288 g/mol. The van der Waals surface area contributed by atoms with E-state index >= 15 is 0 Å². The van der Waals surface area contributed by atoms with Crippen LogP contribution < -0.4 is 5.32 Å². The minimum Gasteiger partial charge on any atom is -0.337 e. The molecule has 0 saturated carbocycles. The number of benzene rings is 1. The Bertz CT molecular complexity index is 601. The molecule has 1 aliphatic heterocycles. The Labute approximate surface area is 123 Å². The molecule has 0 spiro atoms. The van der Waals surface area contributed by atoms with Gasteiger partial charge in [-0.15, -0.1) is 11.3 Å². The number of likely N-dealkylation sites (N-methyl/N-ethyl adjacent to an activating group) is 1. The third kappa shape index (κ3) is 2.58. The van der Waals surface area contributed by atoms with Gasteiger partial charge in [0, 0.05) is 34.6 Å². The Morgan fingerprint density at radius 3 is 3.05 bits per heavy atom. The van der Waals surface area contributed by atoms with Gasteiger partial charge in [0.1, 0.15) is 0 Å². The van der Waals surface area contributed by atoms with Crippen LogP contribution in [0.4, 0.5) is 0 Å². The summed E-state index contributed by atoms with van der Waals surface area (Å²) in [4.78, 5) is 14.7. The summed E-state index contributed by atoms with van der Waals surface area (Å²) in [5, 5.41) is 6.55. The molecule has 106 valence electrons. The van der Waals surface area contributed by atoms with E-state index in [2.05, 4.69) is 18.3 Å². The zero-order chi connectivity index (χ0) is 13.9. The zero-order valence-electron chi connectivity index (χ0n) is 11.8. The van der Waals surface area contributed by atoms with Crippen molar-refractivity contribution in [3.8, 4) is 0 Å². The van der Waals surface area contributed by atoms with E-state index in [9.17, 15) is 4.79 Å². The quantitative estimate of drug-likeness (QED) is 0.937. The van der Waals surface area contributed by atoms with E-state index in [1.54, 1.807) is 11.3 Å². The van der Waals surface area contributed by atoms with Gasteiger partial charge < -0.3 is 10.2 Å². The number of hydrogen-bond donors (Lipinski definition) is 1. The largest absolute Gasteiger partial charge is 0.337 e. The van der Waals surface area contributed by atoms with Crippen LogP contribution in [0, 0.1) is 0 Å². The number of rotatable bonds is 4. The molecule has 1 saturated heterocycles. The number of amides is 1. The van der Waals surface area contributed by atoms with Gasteiger partial charge in [-0.3, -0.25) is 4.79 Å². The Kier molecular flexibility index (Phi) is 4.03. The Morgan fingerprint density at radius 1 is 1.45 bits per heavy atom. The second-order valence-electron chi connectivity index (χ2n) is 5.28. The van der Waals surface area contributed by atoms with Crippen molar-refractivity contribution < 1.29 is 4.79 Å². The molecule has 1 N–H and O–H groups in total. The van der Waals surface area contributed by atoms with Crippen LogP contribution in [0.1, 0.15) is 30.1 Å². The van der Waals surface area contributed by atoms with Gasteiger partial charge in [-0.05, 0) is 32.4 Å². The molecule has 1 aliphatic rings. The highest BCUT2D eigenvalue weighted by molar-refractivity contribution is 7.17. The van der Waals surface area contributed by atoms with Crippen molar-refractivity contribution in [1.82, 2.24) is 10.2 Å². The topological polar surface area (TPSA) is 32.3 Å². The highest BCUT2D eigenvalue weighted by Crippen LogP contribution is 2.26. The third-order valence-corrected chi connectivity index (χ3v) is 4.95. The first kappa shape index (κ1) is 13.6. The lowest BCUT2D eigenvalue weighted by atomic mass is 10.1. The summed E-state index contributed by atoms with van der Waals surface area (Å²) in [6.45, 7) is 4.72. The Hall–Kier alpha value is -1.39. The van der Waals surface area contributed by atoms with Crippen molar-refractivity contribution in [1.29, 1.82) is 0 Å². The number of carbonyl (C=O) groups excluding carboxylic acids is 1. The van der Waals surface area contributed by atoms with Gasteiger partial charge in [0.2, 0.25) is 0 Å². The lowest BCUT2D eigenvalue weighted by Crippen LogP contribution is -2.40. The molecule has 2 aromatic rings. The maximum Gasteiger partial charge on any atom is 0.255 e. The predicted molar refractivity (Wildman–Crippen MR) is 84.4 cm³/mol. The molecule has 3 rings (SSSR count). The molecule has 1 aromatic carbocycles. The first-order valence-electron chi connectivity index (χ1n) is 7.28. The molecule has 2 heterocycles. The lowest BCUT2D eigenvalue weighted by Gasteiger charge is -2.24. The van der Waals surface area contributed by atoms with Crippen LogP contribution in [0.5, 0.6) is 0 Å². The SMILES string of the molecule is CCN(CC1CCCN1)C(=O)c1csc2ccccc12. The molecule has 1 amide bonds. The van der Waals surface area contributed by atoms with Crippen LogP contribution in [0.2, 0.25) is 0 Å². The molecular formula is C16H20N2OS. The van der Waals surface area contributed by atoms with Crippen molar-refractivity contribution in [2.75, 3.05) is 19.6 Å². The van der Waals surface area contributed by atoms with Crippen molar-refractivity contribution in [2.24, 2.45) is 0 Å². The minimum atomic E-state index is 0.165. The second-order valence-corrected chi connectivity index (χ2v) is 6.19. The minimum absolute atomic E-state index is 0.165. The number of nitrogens with one attached hydrogen (secondary N) is 1. The number of thiophene rings is 1. The van der Waals surface area contributed by atoms with Gasteiger partial charge in [0.15, 0.2) is 0 Å².